The number of anilines is 1. The highest BCUT2D eigenvalue weighted by Gasteiger charge is 2.21. The zero-order valence-corrected chi connectivity index (χ0v) is 11.2. The number of carbonyl (C=O) groups excluding carboxylic acids is 1. The third-order valence-corrected chi connectivity index (χ3v) is 3.51. The molecule has 1 aliphatic heterocycles. The lowest BCUT2D eigenvalue weighted by atomic mass is 10.1. The van der Waals surface area contributed by atoms with Gasteiger partial charge in [0.2, 0.25) is 5.91 Å². The summed E-state index contributed by atoms with van der Waals surface area (Å²) >= 11 is 6.01. The highest BCUT2D eigenvalue weighted by molar-refractivity contribution is 6.30. The second kappa shape index (κ2) is 5.59. The third kappa shape index (κ3) is 2.76. The van der Waals surface area contributed by atoms with Crippen molar-refractivity contribution >= 4 is 23.2 Å². The second-order valence-corrected chi connectivity index (χ2v) is 4.89. The van der Waals surface area contributed by atoms with E-state index in [-0.39, 0.29) is 5.91 Å². The average molecular weight is 269 g/mol. The van der Waals surface area contributed by atoms with E-state index in [1.165, 1.54) is 5.56 Å². The van der Waals surface area contributed by atoms with E-state index in [1.54, 1.807) is 4.90 Å². The van der Waals surface area contributed by atoms with Gasteiger partial charge in [0, 0.05) is 36.9 Å². The maximum Gasteiger partial charge on any atom is 0.248 e. The van der Waals surface area contributed by atoms with Crippen molar-refractivity contribution in [3.05, 3.63) is 28.8 Å². The number of halogens is 1. The van der Waals surface area contributed by atoms with Gasteiger partial charge in [-0.2, -0.15) is 0 Å². The van der Waals surface area contributed by atoms with Gasteiger partial charge in [0.05, 0.1) is 0 Å². The van der Waals surface area contributed by atoms with Crippen LogP contribution in [0.3, 0.4) is 0 Å². The van der Waals surface area contributed by atoms with Crippen molar-refractivity contribution in [2.24, 2.45) is 0 Å². The summed E-state index contributed by atoms with van der Waals surface area (Å²) in [5.74, 6) is -0.197. The molecule has 0 saturated carbocycles. The van der Waals surface area contributed by atoms with E-state index in [4.69, 9.17) is 16.7 Å². The van der Waals surface area contributed by atoms with Crippen LogP contribution in [0.15, 0.2) is 18.2 Å². The lowest BCUT2D eigenvalue weighted by Crippen LogP contribution is -2.49. The van der Waals surface area contributed by atoms with Crippen LogP contribution < -0.4 is 4.90 Å². The molecule has 0 atom stereocenters. The van der Waals surface area contributed by atoms with Gasteiger partial charge in [-0.05, 0) is 24.6 Å². The molecule has 1 amide bonds. The summed E-state index contributed by atoms with van der Waals surface area (Å²) < 4.78 is 0. The highest BCUT2D eigenvalue weighted by atomic mass is 35.5. The van der Waals surface area contributed by atoms with Gasteiger partial charge in [-0.15, -0.1) is 0 Å². The van der Waals surface area contributed by atoms with Crippen molar-refractivity contribution in [2.75, 3.05) is 37.7 Å². The van der Waals surface area contributed by atoms with Gasteiger partial charge in [-0.25, -0.2) is 0 Å². The molecule has 0 radical (unpaired) electrons. The molecule has 2 rings (SSSR count). The first kappa shape index (κ1) is 13.2. The normalized spacial score (nSPS) is 15.9. The topological polar surface area (TPSA) is 43.8 Å². The number of benzene rings is 1. The molecular weight excluding hydrogens is 252 g/mol. The van der Waals surface area contributed by atoms with E-state index in [0.29, 0.717) is 13.1 Å². The van der Waals surface area contributed by atoms with Crippen molar-refractivity contribution in [1.82, 2.24) is 4.90 Å². The van der Waals surface area contributed by atoms with Crippen LogP contribution in [0.5, 0.6) is 0 Å². The molecular formula is C13H17ClN2O2. The molecule has 1 aromatic rings. The van der Waals surface area contributed by atoms with Crippen LogP contribution in [0.2, 0.25) is 5.02 Å². The average Bonchev–Trinajstić information content (AvgIpc) is 2.41. The quantitative estimate of drug-likeness (QED) is 0.879. The summed E-state index contributed by atoms with van der Waals surface area (Å²) in [6.07, 6.45) is 0. The van der Waals surface area contributed by atoms with E-state index >= 15 is 0 Å². The standard InChI is InChI=1S/C13H17ClN2O2/c1-10-2-3-11(14)8-12(10)15-4-6-16(7-5-15)13(18)9-17/h2-3,8,17H,4-7,9H2,1H3. The second-order valence-electron chi connectivity index (χ2n) is 4.46. The molecule has 1 saturated heterocycles. The van der Waals surface area contributed by atoms with E-state index in [0.717, 1.165) is 23.8 Å². The van der Waals surface area contributed by atoms with Crippen LogP contribution in [0.1, 0.15) is 5.56 Å². The zero-order chi connectivity index (χ0) is 13.1. The van der Waals surface area contributed by atoms with Crippen molar-refractivity contribution in [3.8, 4) is 0 Å². The molecule has 1 N–H and O–H groups in total. The Morgan fingerprint density at radius 3 is 2.61 bits per heavy atom. The van der Waals surface area contributed by atoms with Crippen molar-refractivity contribution < 1.29 is 9.90 Å². The lowest BCUT2D eigenvalue weighted by molar-refractivity contribution is -0.134. The Morgan fingerprint density at radius 1 is 1.33 bits per heavy atom. The maximum atomic E-state index is 11.4. The highest BCUT2D eigenvalue weighted by Crippen LogP contribution is 2.25. The number of hydrogen-bond donors (Lipinski definition) is 1. The predicted octanol–water partition coefficient (Wildman–Crippen LogP) is 1.29. The van der Waals surface area contributed by atoms with Crippen molar-refractivity contribution in [1.29, 1.82) is 0 Å². The van der Waals surface area contributed by atoms with E-state index in [2.05, 4.69) is 11.8 Å². The monoisotopic (exact) mass is 268 g/mol. The minimum Gasteiger partial charge on any atom is -0.387 e. The summed E-state index contributed by atoms with van der Waals surface area (Å²) in [4.78, 5) is 15.3. The molecule has 1 aromatic carbocycles. The number of rotatable bonds is 2. The van der Waals surface area contributed by atoms with E-state index in [9.17, 15) is 4.79 Å². The van der Waals surface area contributed by atoms with Gasteiger partial charge >= 0.3 is 0 Å². The van der Waals surface area contributed by atoms with Gasteiger partial charge in [-0.3, -0.25) is 4.79 Å². The van der Waals surface area contributed by atoms with Crippen LogP contribution in [0.4, 0.5) is 5.69 Å². The first-order chi connectivity index (χ1) is 8.61. The number of hydrogen-bond acceptors (Lipinski definition) is 3. The van der Waals surface area contributed by atoms with Crippen molar-refractivity contribution in [2.45, 2.75) is 6.92 Å². The summed E-state index contributed by atoms with van der Waals surface area (Å²) in [6.45, 7) is 4.48. The SMILES string of the molecule is Cc1ccc(Cl)cc1N1CCN(C(=O)CO)CC1. The smallest absolute Gasteiger partial charge is 0.248 e. The van der Waals surface area contributed by atoms with Gasteiger partial charge in [-0.1, -0.05) is 17.7 Å². The fourth-order valence-corrected chi connectivity index (χ4v) is 2.39. The van der Waals surface area contributed by atoms with E-state index < -0.39 is 6.61 Å². The Morgan fingerprint density at radius 2 is 2.00 bits per heavy atom. The van der Waals surface area contributed by atoms with Crippen LogP contribution in [-0.2, 0) is 4.79 Å². The van der Waals surface area contributed by atoms with Gasteiger partial charge in [0.25, 0.3) is 0 Å². The largest absolute Gasteiger partial charge is 0.387 e. The Kier molecular flexibility index (Phi) is 4.09. The molecule has 0 aliphatic carbocycles. The molecule has 0 bridgehead atoms. The summed E-state index contributed by atoms with van der Waals surface area (Å²) in [6, 6.07) is 5.84. The maximum absolute atomic E-state index is 11.4. The lowest BCUT2D eigenvalue weighted by Gasteiger charge is -2.36. The minimum absolute atomic E-state index is 0.197. The number of piperazine rings is 1. The van der Waals surface area contributed by atoms with Crippen LogP contribution in [0.25, 0.3) is 0 Å². The zero-order valence-electron chi connectivity index (χ0n) is 10.4. The van der Waals surface area contributed by atoms with Crippen LogP contribution in [0, 0.1) is 6.92 Å². The molecule has 1 fully saturated rings. The van der Waals surface area contributed by atoms with Crippen molar-refractivity contribution in [3.63, 3.8) is 0 Å². The molecule has 98 valence electrons. The summed E-state index contributed by atoms with van der Waals surface area (Å²) in [5.41, 5.74) is 2.31. The number of aliphatic hydroxyl groups excluding tert-OH is 1. The Balaban J connectivity index is 2.05. The van der Waals surface area contributed by atoms with Gasteiger partial charge in [0.1, 0.15) is 6.61 Å². The number of nitrogens with zero attached hydrogens (tertiary/aromatic N) is 2. The summed E-state index contributed by atoms with van der Waals surface area (Å²) in [5, 5.41) is 9.55. The summed E-state index contributed by atoms with van der Waals surface area (Å²) in [7, 11) is 0. The Labute approximate surface area is 112 Å². The number of amides is 1. The van der Waals surface area contributed by atoms with Crippen LogP contribution in [-0.4, -0.2) is 48.7 Å². The molecule has 1 aliphatic rings. The predicted molar refractivity (Wildman–Crippen MR) is 72.1 cm³/mol. The minimum atomic E-state index is -0.407. The molecule has 1 heterocycles. The van der Waals surface area contributed by atoms with Gasteiger partial charge in [0.15, 0.2) is 0 Å². The first-order valence-corrected chi connectivity index (χ1v) is 6.39. The number of aliphatic hydroxyl groups is 1. The molecule has 0 unspecified atom stereocenters. The molecule has 4 nitrogen and oxygen atoms in total. The molecule has 18 heavy (non-hydrogen) atoms. The number of carbonyl (C=O) groups is 1. The Hall–Kier alpha value is -1.26. The van der Waals surface area contributed by atoms with E-state index in [1.807, 2.05) is 18.2 Å². The number of aryl methyl sites for hydroxylation is 1. The third-order valence-electron chi connectivity index (χ3n) is 3.28. The first-order valence-electron chi connectivity index (χ1n) is 6.01. The molecule has 5 heteroatoms. The fourth-order valence-electron chi connectivity index (χ4n) is 2.22. The Bertz CT molecular complexity index is 443. The molecule has 0 aromatic heterocycles. The van der Waals surface area contributed by atoms with Crippen LogP contribution >= 0.6 is 11.6 Å². The molecule has 0 spiro atoms. The van der Waals surface area contributed by atoms with Gasteiger partial charge < -0.3 is 14.9 Å². The fraction of sp³-hybridized carbons (Fsp3) is 0.462.